The van der Waals surface area contributed by atoms with Crippen LogP contribution in [0.4, 0.5) is 0 Å². The van der Waals surface area contributed by atoms with E-state index in [1.54, 1.807) is 23.0 Å². The fourth-order valence-electron chi connectivity index (χ4n) is 4.80. The number of fused-ring (bicyclic) bond motifs is 1. The second kappa shape index (κ2) is 12.0. The van der Waals surface area contributed by atoms with Crippen molar-refractivity contribution < 1.29 is 23.9 Å². The van der Waals surface area contributed by atoms with Crippen molar-refractivity contribution in [1.29, 1.82) is 0 Å². The van der Waals surface area contributed by atoms with E-state index in [9.17, 15) is 19.2 Å². The molecule has 0 aliphatic heterocycles. The number of carbonyl (C=O) groups excluding carboxylic acids is 4. The largest absolute Gasteiger partial charge is 0.466 e. The zero-order chi connectivity index (χ0) is 29.7. The molecule has 11 nitrogen and oxygen atoms in total. The number of benzene rings is 2. The van der Waals surface area contributed by atoms with E-state index in [1.807, 2.05) is 55.7 Å². The Morgan fingerprint density at radius 1 is 1.02 bits per heavy atom. The van der Waals surface area contributed by atoms with Crippen LogP contribution in [-0.2, 0) is 38.1 Å². The van der Waals surface area contributed by atoms with Crippen molar-refractivity contribution in [3.63, 3.8) is 0 Å². The zero-order valence-corrected chi connectivity index (χ0v) is 23.2. The number of hydrogen-bond acceptors (Lipinski definition) is 7. The third kappa shape index (κ3) is 6.35. The van der Waals surface area contributed by atoms with Crippen molar-refractivity contribution in [2.24, 2.45) is 7.05 Å². The lowest BCUT2D eigenvalue weighted by atomic mass is 9.96. The number of nitrogens with one attached hydrogen (secondary N) is 3. The highest BCUT2D eigenvalue weighted by Crippen LogP contribution is 2.48. The van der Waals surface area contributed by atoms with Crippen LogP contribution in [-0.4, -0.2) is 45.6 Å². The summed E-state index contributed by atoms with van der Waals surface area (Å²) in [6.07, 6.45) is 7.45. The first-order chi connectivity index (χ1) is 20.3. The highest BCUT2D eigenvalue weighted by Gasteiger charge is 2.47. The van der Waals surface area contributed by atoms with E-state index >= 15 is 0 Å². The van der Waals surface area contributed by atoms with Crippen LogP contribution < -0.4 is 16.2 Å². The molecule has 2 aromatic heterocycles. The first kappa shape index (κ1) is 28.2. The van der Waals surface area contributed by atoms with Gasteiger partial charge < -0.3 is 10.1 Å². The van der Waals surface area contributed by atoms with Gasteiger partial charge in [-0.25, -0.2) is 9.78 Å². The Kier molecular flexibility index (Phi) is 8.09. The Morgan fingerprint density at radius 2 is 1.79 bits per heavy atom. The number of ether oxygens (including phenoxy) is 1. The minimum Gasteiger partial charge on any atom is -0.466 e. The first-order valence-corrected chi connectivity index (χ1v) is 13.4. The summed E-state index contributed by atoms with van der Waals surface area (Å²) in [5.41, 5.74) is 8.67. The van der Waals surface area contributed by atoms with Gasteiger partial charge in [0.1, 0.15) is 0 Å². The summed E-state index contributed by atoms with van der Waals surface area (Å²) in [5, 5.41) is 8.55. The van der Waals surface area contributed by atoms with Crippen LogP contribution in [0.3, 0.4) is 0 Å². The molecule has 0 unspecified atom stereocenters. The average molecular weight is 567 g/mol. The van der Waals surface area contributed by atoms with Gasteiger partial charge in [-0.15, -0.1) is 0 Å². The van der Waals surface area contributed by atoms with Crippen molar-refractivity contribution in [2.45, 2.75) is 31.2 Å². The third-order valence-electron chi connectivity index (χ3n) is 7.12. The molecule has 1 fully saturated rings. The molecule has 1 aliphatic carbocycles. The maximum atomic E-state index is 13.7. The van der Waals surface area contributed by atoms with Gasteiger partial charge in [-0.1, -0.05) is 36.4 Å². The second-order valence-electron chi connectivity index (χ2n) is 10.1. The van der Waals surface area contributed by atoms with Crippen LogP contribution >= 0.6 is 0 Å². The third-order valence-corrected chi connectivity index (χ3v) is 7.12. The maximum Gasteiger partial charge on any atom is 0.330 e. The van der Waals surface area contributed by atoms with Gasteiger partial charge in [0.25, 0.3) is 11.8 Å². The fourth-order valence-corrected chi connectivity index (χ4v) is 4.80. The molecule has 1 saturated carbocycles. The molecule has 2 heterocycles. The molecule has 3 amide bonds. The number of methoxy groups -OCH3 is 1. The number of hydrogen-bond donors (Lipinski definition) is 3. The Balaban J connectivity index is 1.30. The molecule has 0 atom stereocenters. The average Bonchev–Trinajstić information content (AvgIpc) is 3.65. The summed E-state index contributed by atoms with van der Waals surface area (Å²) in [6.45, 7) is 0. The molecular formula is C31H30N6O5. The van der Waals surface area contributed by atoms with E-state index in [0.29, 0.717) is 11.1 Å². The Morgan fingerprint density at radius 3 is 2.52 bits per heavy atom. The van der Waals surface area contributed by atoms with E-state index < -0.39 is 23.3 Å². The quantitative estimate of drug-likeness (QED) is 0.161. The number of amides is 3. The lowest BCUT2D eigenvalue weighted by Gasteiger charge is -2.22. The zero-order valence-electron chi connectivity index (χ0n) is 23.2. The number of rotatable bonds is 9. The minimum absolute atomic E-state index is 0.0277. The SMILES string of the molecule is COC(=O)/C=C/C(=O)NNC(=O)CCc1ccccc1C(=O)NC1(c2cc(-c3cnn(C)c3)nc3ccccc23)CC1. The molecule has 214 valence electrons. The highest BCUT2D eigenvalue weighted by atomic mass is 16.5. The number of aromatic nitrogens is 3. The molecule has 0 radical (unpaired) electrons. The van der Waals surface area contributed by atoms with Gasteiger partial charge in [-0.3, -0.25) is 29.9 Å². The number of nitrogens with zero attached hydrogens (tertiary/aromatic N) is 3. The summed E-state index contributed by atoms with van der Waals surface area (Å²) in [4.78, 5) is 53.7. The van der Waals surface area contributed by atoms with Gasteiger partial charge in [-0.05, 0) is 48.6 Å². The van der Waals surface area contributed by atoms with E-state index in [-0.39, 0.29) is 18.7 Å². The lowest BCUT2D eigenvalue weighted by Crippen LogP contribution is -2.41. The molecule has 42 heavy (non-hydrogen) atoms. The van der Waals surface area contributed by atoms with Crippen LogP contribution in [0.1, 0.15) is 40.7 Å². The van der Waals surface area contributed by atoms with E-state index in [1.165, 1.54) is 7.11 Å². The van der Waals surface area contributed by atoms with Crippen LogP contribution in [0.15, 0.2) is 79.1 Å². The summed E-state index contributed by atoms with van der Waals surface area (Å²) in [5.74, 6) is -2.05. The summed E-state index contributed by atoms with van der Waals surface area (Å²) >= 11 is 0. The van der Waals surface area contributed by atoms with Gasteiger partial charge in [0.15, 0.2) is 0 Å². The van der Waals surface area contributed by atoms with E-state index in [0.717, 1.165) is 52.7 Å². The van der Waals surface area contributed by atoms with Crippen LogP contribution in [0, 0.1) is 0 Å². The Labute approximate surface area is 241 Å². The van der Waals surface area contributed by atoms with E-state index in [4.69, 9.17) is 4.98 Å². The number of carbonyl (C=O) groups is 4. The number of pyridine rings is 1. The number of esters is 1. The minimum atomic E-state index is -0.689. The van der Waals surface area contributed by atoms with Crippen LogP contribution in [0.2, 0.25) is 0 Å². The van der Waals surface area contributed by atoms with Gasteiger partial charge in [-0.2, -0.15) is 5.10 Å². The predicted octanol–water partition coefficient (Wildman–Crippen LogP) is 2.86. The predicted molar refractivity (Wildman–Crippen MR) is 155 cm³/mol. The van der Waals surface area contributed by atoms with Crippen molar-refractivity contribution in [3.8, 4) is 11.3 Å². The molecule has 0 spiro atoms. The maximum absolute atomic E-state index is 13.7. The smallest absolute Gasteiger partial charge is 0.330 e. The van der Waals surface area contributed by atoms with Gasteiger partial charge in [0, 0.05) is 48.3 Å². The summed E-state index contributed by atoms with van der Waals surface area (Å²) < 4.78 is 6.15. The van der Waals surface area contributed by atoms with Crippen LogP contribution in [0.25, 0.3) is 22.2 Å². The molecule has 2 aromatic carbocycles. The number of aryl methyl sites for hydroxylation is 2. The topological polar surface area (TPSA) is 144 Å². The van der Waals surface area contributed by atoms with Gasteiger partial charge >= 0.3 is 5.97 Å². The lowest BCUT2D eigenvalue weighted by molar-refractivity contribution is -0.135. The highest BCUT2D eigenvalue weighted by molar-refractivity contribution is 5.98. The van der Waals surface area contributed by atoms with Gasteiger partial charge in [0.05, 0.1) is 30.1 Å². The normalized spacial score (nSPS) is 13.5. The fraction of sp³-hybridized carbons (Fsp3) is 0.226. The Bertz CT molecular complexity index is 1700. The van der Waals surface area contributed by atoms with Crippen LogP contribution in [0.5, 0.6) is 0 Å². The second-order valence-corrected chi connectivity index (χ2v) is 10.1. The Hall–Kier alpha value is -5.32. The summed E-state index contributed by atoms with van der Waals surface area (Å²) in [6, 6.07) is 17.1. The van der Waals surface area contributed by atoms with E-state index in [2.05, 4.69) is 26.0 Å². The molecular weight excluding hydrogens is 536 g/mol. The van der Waals surface area contributed by atoms with Crippen molar-refractivity contribution in [1.82, 2.24) is 30.9 Å². The monoisotopic (exact) mass is 566 g/mol. The molecule has 11 heteroatoms. The van der Waals surface area contributed by atoms with Gasteiger partial charge in [0.2, 0.25) is 5.91 Å². The number of hydrazine groups is 1. The molecule has 4 aromatic rings. The first-order valence-electron chi connectivity index (χ1n) is 13.4. The molecule has 3 N–H and O–H groups in total. The molecule has 0 bridgehead atoms. The molecule has 5 rings (SSSR count). The number of para-hydroxylation sites is 1. The van der Waals surface area contributed by atoms with Crippen molar-refractivity contribution in [3.05, 3.63) is 95.8 Å². The molecule has 0 saturated heterocycles. The molecule has 1 aliphatic rings. The summed E-state index contributed by atoms with van der Waals surface area (Å²) in [7, 11) is 3.05. The van der Waals surface area contributed by atoms with Crippen molar-refractivity contribution >= 4 is 34.6 Å². The van der Waals surface area contributed by atoms with Crippen molar-refractivity contribution in [2.75, 3.05) is 7.11 Å². The standard InChI is InChI=1S/C31H30N6O5/c1-37-19-21(18-32-37)26-17-24(23-9-5-6-10-25(23)33-26)31(15-16-31)34-30(41)22-8-4-3-7-20(22)11-12-27(38)35-36-28(39)13-14-29(40)42-2/h3-10,13-14,17-19H,11-12,15-16H2,1-2H3,(H,34,41)(H,35,38)(H,36,39)/b14-13+.